The van der Waals surface area contributed by atoms with Crippen LogP contribution in [0.25, 0.3) is 10.9 Å². The molecule has 6 nitrogen and oxygen atoms in total. The zero-order valence-corrected chi connectivity index (χ0v) is 18.1. The molecule has 0 bridgehead atoms. The van der Waals surface area contributed by atoms with Gasteiger partial charge in [0.25, 0.3) is 0 Å². The van der Waals surface area contributed by atoms with Crippen LogP contribution in [0.5, 0.6) is 5.75 Å². The van der Waals surface area contributed by atoms with Gasteiger partial charge in [-0.1, -0.05) is 26.8 Å². The Morgan fingerprint density at radius 1 is 1.20 bits per heavy atom. The minimum Gasteiger partial charge on any atom is -0.495 e. The van der Waals surface area contributed by atoms with E-state index in [9.17, 15) is 18.5 Å². The number of carbonyl (C=O) groups excluding carboxylic acids is 1. The average Bonchev–Trinajstić information content (AvgIpc) is 3.11. The maximum absolute atomic E-state index is 13.5. The summed E-state index contributed by atoms with van der Waals surface area (Å²) < 4.78 is 31.0. The summed E-state index contributed by atoms with van der Waals surface area (Å²) in [7, 11) is -2.15. The van der Waals surface area contributed by atoms with Crippen molar-refractivity contribution in [2.45, 2.75) is 37.5 Å². The number of sulfone groups is 1. The van der Waals surface area contributed by atoms with Crippen LogP contribution in [0, 0.1) is 11.3 Å². The van der Waals surface area contributed by atoms with Crippen LogP contribution in [0.4, 0.5) is 0 Å². The summed E-state index contributed by atoms with van der Waals surface area (Å²) >= 11 is 0. The van der Waals surface area contributed by atoms with E-state index in [2.05, 4.69) is 11.1 Å². The van der Waals surface area contributed by atoms with Crippen molar-refractivity contribution in [2.24, 2.45) is 0 Å². The zero-order chi connectivity index (χ0) is 21.8. The number of rotatable bonds is 4. The summed E-state index contributed by atoms with van der Waals surface area (Å²) in [5.41, 5.74) is 2.96. The average molecular weight is 423 g/mol. The molecule has 0 fully saturated rings. The van der Waals surface area contributed by atoms with E-state index >= 15 is 0 Å². The van der Waals surface area contributed by atoms with E-state index in [0.29, 0.717) is 34.2 Å². The van der Waals surface area contributed by atoms with Gasteiger partial charge in [-0.2, -0.15) is 5.26 Å². The van der Waals surface area contributed by atoms with Crippen LogP contribution in [0.2, 0.25) is 0 Å². The van der Waals surface area contributed by atoms with Crippen molar-refractivity contribution >= 4 is 26.5 Å². The Kier molecular flexibility index (Phi) is 4.51. The second-order valence-electron chi connectivity index (χ2n) is 8.07. The maximum Gasteiger partial charge on any atom is 0.195 e. The van der Waals surface area contributed by atoms with E-state index in [4.69, 9.17) is 4.74 Å². The molecular formula is C23H22N2O4S. The Balaban J connectivity index is 2.03. The van der Waals surface area contributed by atoms with Gasteiger partial charge in [0.05, 0.1) is 30.1 Å². The van der Waals surface area contributed by atoms with Gasteiger partial charge in [0, 0.05) is 27.6 Å². The Bertz CT molecular complexity index is 1360. The highest BCUT2D eigenvalue weighted by molar-refractivity contribution is 7.91. The number of H-pyrrole nitrogens is 1. The summed E-state index contributed by atoms with van der Waals surface area (Å²) in [5, 5.41) is 9.93. The second-order valence-corrected chi connectivity index (χ2v) is 10.1. The summed E-state index contributed by atoms with van der Waals surface area (Å²) in [5.74, 6) is -0.00469. The highest BCUT2D eigenvalue weighted by atomic mass is 32.2. The molecule has 0 aliphatic heterocycles. The highest BCUT2D eigenvalue weighted by Crippen LogP contribution is 2.46. The first-order chi connectivity index (χ1) is 14.2. The first kappa shape index (κ1) is 20.2. The molecule has 30 heavy (non-hydrogen) atoms. The molecule has 0 unspecified atom stereocenters. The van der Waals surface area contributed by atoms with E-state index in [1.807, 2.05) is 13.8 Å². The van der Waals surface area contributed by atoms with Crippen molar-refractivity contribution in [1.82, 2.24) is 4.98 Å². The number of aromatic nitrogens is 1. The van der Waals surface area contributed by atoms with Crippen LogP contribution in [-0.2, 0) is 15.3 Å². The third-order valence-corrected chi connectivity index (χ3v) is 7.74. The van der Waals surface area contributed by atoms with Crippen LogP contribution in [-0.4, -0.2) is 32.0 Å². The van der Waals surface area contributed by atoms with Crippen molar-refractivity contribution in [3.63, 3.8) is 0 Å². The number of nitriles is 1. The van der Waals surface area contributed by atoms with Crippen LogP contribution >= 0.6 is 0 Å². The van der Waals surface area contributed by atoms with Gasteiger partial charge in [-0.05, 0) is 36.2 Å². The molecule has 1 heterocycles. The third kappa shape index (κ3) is 2.75. The number of nitrogens with zero attached hydrogens (tertiary/aromatic N) is 1. The van der Waals surface area contributed by atoms with E-state index in [1.165, 1.54) is 13.2 Å². The second kappa shape index (κ2) is 6.71. The van der Waals surface area contributed by atoms with Crippen LogP contribution in [0.1, 0.15) is 59.9 Å². The lowest BCUT2D eigenvalue weighted by Crippen LogP contribution is -2.30. The zero-order valence-electron chi connectivity index (χ0n) is 17.3. The number of aromatic amines is 1. The minimum absolute atomic E-state index is 0.0188. The molecule has 1 aliphatic carbocycles. The van der Waals surface area contributed by atoms with Gasteiger partial charge >= 0.3 is 0 Å². The van der Waals surface area contributed by atoms with E-state index in [1.54, 1.807) is 31.2 Å². The molecule has 0 saturated heterocycles. The van der Waals surface area contributed by atoms with Gasteiger partial charge < -0.3 is 9.72 Å². The lowest BCUT2D eigenvalue weighted by Gasteiger charge is -2.33. The van der Waals surface area contributed by atoms with Gasteiger partial charge in [0.15, 0.2) is 15.6 Å². The lowest BCUT2D eigenvalue weighted by molar-refractivity contribution is 0.103. The van der Waals surface area contributed by atoms with Gasteiger partial charge in [-0.3, -0.25) is 4.79 Å². The number of ether oxygens (including phenoxy) is 1. The molecule has 0 atom stereocenters. The Morgan fingerprint density at radius 2 is 1.93 bits per heavy atom. The van der Waals surface area contributed by atoms with Gasteiger partial charge in [-0.15, -0.1) is 0 Å². The van der Waals surface area contributed by atoms with Gasteiger partial charge in [-0.25, -0.2) is 8.42 Å². The fraction of sp³-hybridized carbons (Fsp3) is 0.304. The smallest absolute Gasteiger partial charge is 0.195 e. The molecule has 0 saturated carbocycles. The molecular weight excluding hydrogens is 400 g/mol. The predicted octanol–water partition coefficient (Wildman–Crippen LogP) is 4.10. The number of carbonyl (C=O) groups is 1. The molecule has 7 heteroatoms. The van der Waals surface area contributed by atoms with E-state index in [-0.39, 0.29) is 22.2 Å². The molecule has 4 rings (SSSR count). The molecule has 154 valence electrons. The molecule has 1 N–H and O–H groups in total. The highest BCUT2D eigenvalue weighted by Gasteiger charge is 2.41. The first-order valence-electron chi connectivity index (χ1n) is 9.72. The first-order valence-corrected chi connectivity index (χ1v) is 11.4. The fourth-order valence-corrected chi connectivity index (χ4v) is 5.79. The van der Waals surface area contributed by atoms with Crippen molar-refractivity contribution in [1.29, 1.82) is 5.26 Å². The van der Waals surface area contributed by atoms with Crippen LogP contribution < -0.4 is 4.74 Å². The van der Waals surface area contributed by atoms with Crippen LogP contribution in [0.15, 0.2) is 35.2 Å². The van der Waals surface area contributed by atoms with Gasteiger partial charge in [0.1, 0.15) is 10.6 Å². The number of hydrogen-bond acceptors (Lipinski definition) is 5. The van der Waals surface area contributed by atoms with Crippen molar-refractivity contribution < 1.29 is 17.9 Å². The summed E-state index contributed by atoms with van der Waals surface area (Å²) in [6.45, 7) is 5.76. The van der Waals surface area contributed by atoms with Gasteiger partial charge in [0.2, 0.25) is 0 Å². The van der Waals surface area contributed by atoms with E-state index in [0.717, 1.165) is 11.1 Å². The summed E-state index contributed by atoms with van der Waals surface area (Å²) in [4.78, 5) is 16.9. The molecule has 3 aromatic rings. The Labute approximate surface area is 175 Å². The molecule has 0 amide bonds. The number of nitrogens with one attached hydrogen (secondary N) is 1. The van der Waals surface area contributed by atoms with Crippen molar-refractivity contribution in [2.75, 3.05) is 12.9 Å². The SMILES string of the molecule is CCCS(=O)(=O)c1cc2c(cc1OC)C(C)(C)c1[nH]c3cc(C#N)ccc3c1C2=O. The number of ketones is 1. The number of benzene rings is 2. The predicted molar refractivity (Wildman–Crippen MR) is 114 cm³/mol. The Hall–Kier alpha value is -3.11. The lowest BCUT2D eigenvalue weighted by atomic mass is 9.71. The topological polar surface area (TPSA) is 100 Å². The molecule has 1 aliphatic rings. The quantitative estimate of drug-likeness (QED) is 0.682. The van der Waals surface area contributed by atoms with Crippen molar-refractivity contribution in [3.05, 3.63) is 58.3 Å². The molecule has 0 spiro atoms. The number of methoxy groups -OCH3 is 1. The minimum atomic E-state index is -3.58. The Morgan fingerprint density at radius 3 is 2.57 bits per heavy atom. The standard InChI is InChI=1S/C23H22N2O4S/c1-5-8-30(27,28)19-10-15-16(11-18(19)29-4)23(2,3)22-20(21(15)26)14-7-6-13(12-24)9-17(14)25-22/h6-7,9-11,25H,5,8H2,1-4H3. The third-order valence-electron chi connectivity index (χ3n) is 5.81. The molecule has 1 aromatic heterocycles. The van der Waals surface area contributed by atoms with Crippen molar-refractivity contribution in [3.8, 4) is 11.8 Å². The summed E-state index contributed by atoms with van der Waals surface area (Å²) in [6, 6.07) is 10.4. The monoisotopic (exact) mass is 422 g/mol. The molecule has 0 radical (unpaired) electrons. The number of hydrogen-bond donors (Lipinski definition) is 1. The maximum atomic E-state index is 13.5. The largest absolute Gasteiger partial charge is 0.495 e. The van der Waals surface area contributed by atoms with Crippen LogP contribution in [0.3, 0.4) is 0 Å². The normalized spacial score (nSPS) is 14.8. The fourth-order valence-electron chi connectivity index (χ4n) is 4.29. The number of fused-ring (bicyclic) bond motifs is 4. The molecule has 2 aromatic carbocycles. The summed E-state index contributed by atoms with van der Waals surface area (Å²) in [6.07, 6.45) is 0.468. The van der Waals surface area contributed by atoms with E-state index < -0.39 is 15.3 Å².